The molecule has 0 aromatic rings. The lowest BCUT2D eigenvalue weighted by Gasteiger charge is -2.00. The van der Waals surface area contributed by atoms with Crippen molar-refractivity contribution in [2.45, 2.75) is 0 Å². The summed E-state index contributed by atoms with van der Waals surface area (Å²) in [6, 6.07) is 0. The molecular weight excluding hydrogens is 110 g/mol. The van der Waals surface area contributed by atoms with Gasteiger partial charge in [-0.1, -0.05) is 0 Å². The van der Waals surface area contributed by atoms with Crippen molar-refractivity contribution in [2.24, 2.45) is 5.84 Å². The van der Waals surface area contributed by atoms with E-state index in [1.54, 1.807) is 0 Å². The maximum Gasteiger partial charge on any atom is 0.275 e. The molecule has 0 rings (SSSR count). The number of rotatable bonds is 1. The van der Waals surface area contributed by atoms with Crippen molar-refractivity contribution in [3.8, 4) is 6.19 Å². The summed E-state index contributed by atoms with van der Waals surface area (Å²) in [5.74, 6) is 3.88. The topological polar surface area (TPSA) is 90.4 Å². The fourth-order valence-electron chi connectivity index (χ4n) is 0.132. The van der Waals surface area contributed by atoms with Crippen molar-refractivity contribution in [2.75, 3.05) is 6.61 Å². The predicted molar refractivity (Wildman–Crippen MR) is 23.7 cm³/mol. The minimum absolute atomic E-state index is 0.264. The predicted octanol–water partition coefficient (Wildman–Crippen LogP) is -1.84. The number of hydrogen-bond donors (Lipinski definition) is 2. The van der Waals surface area contributed by atoms with Crippen LogP contribution in [0.1, 0.15) is 0 Å². The molecule has 0 heterocycles. The molecule has 0 aliphatic rings. The Kier molecular flexibility index (Phi) is 2.54. The molecule has 0 saturated heterocycles. The number of nitrogens with zero attached hydrogens (tertiary/aromatic N) is 2. The van der Waals surface area contributed by atoms with Crippen LogP contribution in [-0.4, -0.2) is 22.6 Å². The molecule has 0 spiro atoms. The van der Waals surface area contributed by atoms with E-state index in [4.69, 9.17) is 10.4 Å². The molecule has 0 saturated carbocycles. The SMILES string of the molecule is N#CN(N)C(=O)CO. The number of hydrazine groups is 1. The van der Waals surface area contributed by atoms with Gasteiger partial charge in [-0.15, -0.1) is 0 Å². The average molecular weight is 115 g/mol. The second-order valence-corrected chi connectivity index (χ2v) is 1.02. The number of aliphatic hydroxyl groups is 1. The molecule has 0 aliphatic carbocycles. The summed E-state index contributed by atoms with van der Waals surface area (Å²) in [6.07, 6.45) is 1.32. The van der Waals surface area contributed by atoms with Crippen LogP contribution in [0.5, 0.6) is 0 Å². The van der Waals surface area contributed by atoms with Gasteiger partial charge in [-0.3, -0.25) is 4.79 Å². The van der Waals surface area contributed by atoms with Gasteiger partial charge in [-0.25, -0.2) is 5.84 Å². The Bertz CT molecular complexity index is 127. The molecule has 1 amide bonds. The largest absolute Gasteiger partial charge is 0.386 e. The van der Waals surface area contributed by atoms with E-state index in [-0.39, 0.29) is 5.01 Å². The highest BCUT2D eigenvalue weighted by atomic mass is 16.3. The Morgan fingerprint density at radius 2 is 2.50 bits per heavy atom. The first-order chi connectivity index (χ1) is 3.72. The molecular formula is C3H5N3O2. The molecule has 44 valence electrons. The van der Waals surface area contributed by atoms with E-state index in [1.165, 1.54) is 6.19 Å². The van der Waals surface area contributed by atoms with Crippen LogP contribution in [-0.2, 0) is 4.79 Å². The summed E-state index contributed by atoms with van der Waals surface area (Å²) in [7, 11) is 0. The fraction of sp³-hybridized carbons (Fsp3) is 0.333. The van der Waals surface area contributed by atoms with Crippen LogP contribution in [0.4, 0.5) is 0 Å². The van der Waals surface area contributed by atoms with Gasteiger partial charge in [-0.2, -0.15) is 10.3 Å². The number of carbonyl (C=O) groups is 1. The van der Waals surface area contributed by atoms with Crippen LogP contribution in [0, 0.1) is 11.5 Å². The van der Waals surface area contributed by atoms with E-state index in [0.29, 0.717) is 0 Å². The fourth-order valence-corrected chi connectivity index (χ4v) is 0.132. The van der Waals surface area contributed by atoms with Crippen LogP contribution in [0.15, 0.2) is 0 Å². The Labute approximate surface area is 45.9 Å². The lowest BCUT2D eigenvalue weighted by Crippen LogP contribution is -2.34. The van der Waals surface area contributed by atoms with E-state index in [9.17, 15) is 4.79 Å². The summed E-state index contributed by atoms with van der Waals surface area (Å²) >= 11 is 0. The number of nitrogens with two attached hydrogens (primary N) is 1. The Hall–Kier alpha value is -1.12. The molecule has 0 fully saturated rings. The summed E-state index contributed by atoms with van der Waals surface area (Å²) in [4.78, 5) is 10.1. The molecule has 0 aliphatic heterocycles. The zero-order chi connectivity index (χ0) is 6.57. The zero-order valence-corrected chi connectivity index (χ0v) is 4.03. The normalized spacial score (nSPS) is 7.62. The van der Waals surface area contributed by atoms with E-state index in [2.05, 4.69) is 5.84 Å². The second-order valence-electron chi connectivity index (χ2n) is 1.02. The van der Waals surface area contributed by atoms with E-state index >= 15 is 0 Å². The van der Waals surface area contributed by atoms with Crippen molar-refractivity contribution in [1.82, 2.24) is 5.01 Å². The van der Waals surface area contributed by atoms with Gasteiger partial charge in [0.05, 0.1) is 0 Å². The van der Waals surface area contributed by atoms with Crippen LogP contribution in [0.25, 0.3) is 0 Å². The summed E-state index contributed by atoms with van der Waals surface area (Å²) in [5.41, 5.74) is 0. The number of carbonyl (C=O) groups excluding carboxylic acids is 1. The number of aliphatic hydroxyl groups excluding tert-OH is 1. The van der Waals surface area contributed by atoms with Crippen molar-refractivity contribution in [1.29, 1.82) is 5.26 Å². The number of amides is 1. The van der Waals surface area contributed by atoms with Gasteiger partial charge in [0.15, 0.2) is 0 Å². The van der Waals surface area contributed by atoms with Crippen LogP contribution < -0.4 is 5.84 Å². The monoisotopic (exact) mass is 115 g/mol. The number of nitriles is 1. The van der Waals surface area contributed by atoms with Crippen molar-refractivity contribution >= 4 is 5.91 Å². The van der Waals surface area contributed by atoms with Crippen LogP contribution in [0.3, 0.4) is 0 Å². The van der Waals surface area contributed by atoms with Gasteiger partial charge in [-0.05, 0) is 0 Å². The number of hydrogen-bond acceptors (Lipinski definition) is 4. The first-order valence-corrected chi connectivity index (χ1v) is 1.80. The molecule has 0 aromatic carbocycles. The lowest BCUT2D eigenvalue weighted by molar-refractivity contribution is -0.131. The minimum atomic E-state index is -0.812. The first-order valence-electron chi connectivity index (χ1n) is 1.80. The smallest absolute Gasteiger partial charge is 0.275 e. The van der Waals surface area contributed by atoms with Gasteiger partial charge in [0.1, 0.15) is 6.61 Å². The molecule has 5 heteroatoms. The Morgan fingerprint density at radius 3 is 2.62 bits per heavy atom. The van der Waals surface area contributed by atoms with Crippen LogP contribution in [0.2, 0.25) is 0 Å². The third kappa shape index (κ3) is 1.55. The molecule has 5 nitrogen and oxygen atoms in total. The van der Waals surface area contributed by atoms with Gasteiger partial charge in [0, 0.05) is 0 Å². The van der Waals surface area contributed by atoms with Gasteiger partial charge < -0.3 is 5.11 Å². The highest BCUT2D eigenvalue weighted by molar-refractivity contribution is 5.77. The van der Waals surface area contributed by atoms with Crippen LogP contribution >= 0.6 is 0 Å². The van der Waals surface area contributed by atoms with Gasteiger partial charge in [0.2, 0.25) is 6.19 Å². The van der Waals surface area contributed by atoms with Gasteiger partial charge in [0.25, 0.3) is 5.91 Å². The molecule has 3 N–H and O–H groups in total. The van der Waals surface area contributed by atoms with Crippen molar-refractivity contribution in [3.63, 3.8) is 0 Å². The molecule has 0 aromatic heterocycles. The second kappa shape index (κ2) is 2.96. The zero-order valence-electron chi connectivity index (χ0n) is 4.03. The quantitative estimate of drug-likeness (QED) is 0.138. The van der Waals surface area contributed by atoms with Gasteiger partial charge >= 0.3 is 0 Å². The Balaban J connectivity index is 3.68. The third-order valence-corrected chi connectivity index (χ3v) is 0.512. The van der Waals surface area contributed by atoms with E-state index < -0.39 is 12.5 Å². The molecule has 0 unspecified atom stereocenters. The van der Waals surface area contributed by atoms with Crippen molar-refractivity contribution < 1.29 is 9.90 Å². The highest BCUT2D eigenvalue weighted by Crippen LogP contribution is 1.71. The Morgan fingerprint density at radius 1 is 2.00 bits per heavy atom. The minimum Gasteiger partial charge on any atom is -0.386 e. The van der Waals surface area contributed by atoms with E-state index in [0.717, 1.165) is 0 Å². The maximum atomic E-state index is 10.1. The third-order valence-electron chi connectivity index (χ3n) is 0.512. The molecule has 8 heavy (non-hydrogen) atoms. The first kappa shape index (κ1) is 6.88. The summed E-state index contributed by atoms with van der Waals surface area (Å²) in [6.45, 7) is -0.732. The maximum absolute atomic E-state index is 10.1. The molecule has 0 bridgehead atoms. The lowest BCUT2D eigenvalue weighted by atomic mass is 10.6. The average Bonchev–Trinajstić information content (AvgIpc) is 1.84. The van der Waals surface area contributed by atoms with E-state index in [1.807, 2.05) is 0 Å². The molecule has 0 atom stereocenters. The summed E-state index contributed by atoms with van der Waals surface area (Å²) < 4.78 is 0. The van der Waals surface area contributed by atoms with Crippen molar-refractivity contribution in [3.05, 3.63) is 0 Å². The summed E-state index contributed by atoms with van der Waals surface area (Å²) in [5, 5.41) is 16.1. The standard InChI is InChI=1S/C3H5N3O2/c4-2-6(5)3(8)1-7/h7H,1,5H2. The highest BCUT2D eigenvalue weighted by Gasteiger charge is 2.03. The molecule has 0 radical (unpaired) electrons.